The van der Waals surface area contributed by atoms with E-state index in [1.54, 1.807) is 0 Å². The van der Waals surface area contributed by atoms with Crippen LogP contribution in [0.2, 0.25) is 0 Å². The van der Waals surface area contributed by atoms with Gasteiger partial charge in [0.05, 0.1) is 6.54 Å². The van der Waals surface area contributed by atoms with Gasteiger partial charge >= 0.3 is 0 Å². The fourth-order valence-corrected chi connectivity index (χ4v) is 3.23. The van der Waals surface area contributed by atoms with Crippen molar-refractivity contribution < 1.29 is 0 Å². The Bertz CT molecular complexity index is 353. The van der Waals surface area contributed by atoms with Crippen LogP contribution in [0, 0.1) is 5.92 Å². The Kier molecular flexibility index (Phi) is 4.31. The summed E-state index contributed by atoms with van der Waals surface area (Å²) in [6, 6.07) is 0.692. The van der Waals surface area contributed by atoms with Crippen molar-refractivity contribution in [1.29, 1.82) is 0 Å². The van der Waals surface area contributed by atoms with Crippen molar-refractivity contribution in [3.05, 3.63) is 5.01 Å². The second-order valence-electron chi connectivity index (χ2n) is 4.99. The molecular weight excluding hydrogens is 234 g/mol. The van der Waals surface area contributed by atoms with Crippen molar-refractivity contribution in [1.82, 2.24) is 15.1 Å². The lowest BCUT2D eigenvalue weighted by Crippen LogP contribution is -2.35. The van der Waals surface area contributed by atoms with E-state index in [2.05, 4.69) is 34.5 Å². The van der Waals surface area contributed by atoms with Crippen LogP contribution in [0.15, 0.2) is 0 Å². The Morgan fingerprint density at radius 3 is 2.94 bits per heavy atom. The van der Waals surface area contributed by atoms with E-state index < -0.39 is 0 Å². The molecule has 1 aliphatic rings. The Labute approximate surface area is 106 Å². The maximum Gasteiger partial charge on any atom is 0.219 e. The summed E-state index contributed by atoms with van der Waals surface area (Å²) >= 11 is 1.53. The second-order valence-corrected chi connectivity index (χ2v) is 6.05. The number of nitrogens with two attached hydrogens (primary N) is 1. The summed E-state index contributed by atoms with van der Waals surface area (Å²) in [5, 5.41) is 9.79. The summed E-state index contributed by atoms with van der Waals surface area (Å²) in [7, 11) is 2.18. The fourth-order valence-electron chi connectivity index (χ4n) is 2.52. The van der Waals surface area contributed by atoms with Gasteiger partial charge in [0.15, 0.2) is 0 Å². The van der Waals surface area contributed by atoms with Crippen molar-refractivity contribution >= 4 is 16.5 Å². The van der Waals surface area contributed by atoms with Gasteiger partial charge in [-0.25, -0.2) is 5.84 Å². The molecule has 1 aromatic heterocycles. The highest BCUT2D eigenvalue weighted by Gasteiger charge is 2.23. The maximum atomic E-state index is 5.30. The van der Waals surface area contributed by atoms with Crippen LogP contribution in [-0.4, -0.2) is 28.2 Å². The van der Waals surface area contributed by atoms with E-state index in [4.69, 9.17) is 5.84 Å². The number of nitrogens with zero attached hydrogens (tertiary/aromatic N) is 3. The molecule has 0 radical (unpaired) electrons. The van der Waals surface area contributed by atoms with E-state index in [1.165, 1.54) is 37.0 Å². The minimum absolute atomic E-state index is 0.686. The number of anilines is 1. The van der Waals surface area contributed by atoms with Crippen LogP contribution >= 0.6 is 11.3 Å². The van der Waals surface area contributed by atoms with E-state index in [-0.39, 0.29) is 0 Å². The zero-order valence-electron chi connectivity index (χ0n) is 10.5. The van der Waals surface area contributed by atoms with Gasteiger partial charge in [0, 0.05) is 6.04 Å². The molecule has 0 aromatic carbocycles. The molecule has 1 saturated carbocycles. The van der Waals surface area contributed by atoms with E-state index in [0.29, 0.717) is 11.2 Å². The molecule has 96 valence electrons. The standard InChI is InChI=1S/C11H21N5S/c1-8-4-3-5-9(6-8)16(2)7-10-14-15-11(13-12)17-10/h8-9H,3-7,12H2,1-2H3,(H,13,15). The average molecular weight is 255 g/mol. The summed E-state index contributed by atoms with van der Waals surface area (Å²) in [5.74, 6) is 6.15. The van der Waals surface area contributed by atoms with Crippen LogP contribution in [0.5, 0.6) is 0 Å². The maximum absolute atomic E-state index is 5.30. The van der Waals surface area contributed by atoms with Gasteiger partial charge < -0.3 is 0 Å². The number of rotatable bonds is 4. The van der Waals surface area contributed by atoms with Crippen molar-refractivity contribution in [2.24, 2.45) is 11.8 Å². The lowest BCUT2D eigenvalue weighted by molar-refractivity contribution is 0.157. The molecule has 2 rings (SSSR count). The summed E-state index contributed by atoms with van der Waals surface area (Å²) in [4.78, 5) is 2.40. The zero-order valence-corrected chi connectivity index (χ0v) is 11.3. The first kappa shape index (κ1) is 12.7. The number of aromatic nitrogens is 2. The molecule has 0 saturated heterocycles. The molecule has 6 heteroatoms. The SMILES string of the molecule is CC1CCCC(N(C)Cc2nnc(NN)s2)C1. The van der Waals surface area contributed by atoms with Crippen molar-refractivity contribution in [3.8, 4) is 0 Å². The Balaban J connectivity index is 1.89. The van der Waals surface area contributed by atoms with Crippen LogP contribution in [0.1, 0.15) is 37.6 Å². The Morgan fingerprint density at radius 1 is 1.47 bits per heavy atom. The lowest BCUT2D eigenvalue weighted by Gasteiger charge is -2.33. The minimum atomic E-state index is 0.686. The van der Waals surface area contributed by atoms with Gasteiger partial charge in [-0.15, -0.1) is 10.2 Å². The van der Waals surface area contributed by atoms with Crippen LogP contribution < -0.4 is 11.3 Å². The number of hydrazine groups is 1. The molecule has 5 nitrogen and oxygen atoms in total. The molecular formula is C11H21N5S. The quantitative estimate of drug-likeness (QED) is 0.634. The molecule has 1 heterocycles. The molecule has 0 spiro atoms. The highest BCUT2D eigenvalue weighted by molar-refractivity contribution is 7.15. The Hall–Kier alpha value is -0.720. The summed E-state index contributed by atoms with van der Waals surface area (Å²) in [5.41, 5.74) is 2.53. The second kappa shape index (κ2) is 5.75. The van der Waals surface area contributed by atoms with Crippen molar-refractivity contribution in [2.75, 3.05) is 12.5 Å². The molecule has 0 aliphatic heterocycles. The highest BCUT2D eigenvalue weighted by atomic mass is 32.1. The predicted octanol–water partition coefficient (Wildman–Crippen LogP) is 1.83. The van der Waals surface area contributed by atoms with E-state index >= 15 is 0 Å². The average Bonchev–Trinajstić information content (AvgIpc) is 2.77. The molecule has 1 fully saturated rings. The van der Waals surface area contributed by atoms with Crippen LogP contribution in [0.4, 0.5) is 5.13 Å². The van der Waals surface area contributed by atoms with E-state index in [1.807, 2.05) is 0 Å². The molecule has 0 bridgehead atoms. The van der Waals surface area contributed by atoms with Gasteiger partial charge in [0.2, 0.25) is 5.13 Å². The van der Waals surface area contributed by atoms with Gasteiger partial charge in [-0.3, -0.25) is 10.3 Å². The first-order valence-electron chi connectivity index (χ1n) is 6.18. The summed E-state index contributed by atoms with van der Waals surface area (Å²) in [6.07, 6.45) is 5.34. The highest BCUT2D eigenvalue weighted by Crippen LogP contribution is 2.28. The third-order valence-electron chi connectivity index (χ3n) is 3.51. The monoisotopic (exact) mass is 255 g/mol. The number of hydrogen-bond acceptors (Lipinski definition) is 6. The Morgan fingerprint density at radius 2 is 2.29 bits per heavy atom. The number of hydrogen-bond donors (Lipinski definition) is 2. The smallest absolute Gasteiger partial charge is 0.219 e. The molecule has 17 heavy (non-hydrogen) atoms. The lowest BCUT2D eigenvalue weighted by atomic mass is 9.86. The van der Waals surface area contributed by atoms with Crippen LogP contribution in [0.3, 0.4) is 0 Å². The predicted molar refractivity (Wildman–Crippen MR) is 70.6 cm³/mol. The number of nitrogen functional groups attached to an aromatic ring is 1. The van der Waals surface area contributed by atoms with Gasteiger partial charge in [-0.1, -0.05) is 31.1 Å². The third-order valence-corrected chi connectivity index (χ3v) is 4.35. The summed E-state index contributed by atoms with van der Waals surface area (Å²) in [6.45, 7) is 3.22. The van der Waals surface area contributed by atoms with Crippen LogP contribution in [0.25, 0.3) is 0 Å². The van der Waals surface area contributed by atoms with Gasteiger partial charge in [0.25, 0.3) is 0 Å². The van der Waals surface area contributed by atoms with E-state index in [0.717, 1.165) is 17.5 Å². The minimum Gasteiger partial charge on any atom is -0.298 e. The topological polar surface area (TPSA) is 67.1 Å². The van der Waals surface area contributed by atoms with Gasteiger partial charge in [-0.05, 0) is 25.8 Å². The molecule has 2 atom stereocenters. The number of nitrogens with one attached hydrogen (secondary N) is 1. The fraction of sp³-hybridized carbons (Fsp3) is 0.818. The molecule has 0 amide bonds. The largest absolute Gasteiger partial charge is 0.298 e. The normalized spacial score (nSPS) is 25.2. The first-order valence-corrected chi connectivity index (χ1v) is 7.00. The third kappa shape index (κ3) is 3.37. The first-order chi connectivity index (χ1) is 8.19. The van der Waals surface area contributed by atoms with E-state index in [9.17, 15) is 0 Å². The summed E-state index contributed by atoms with van der Waals surface area (Å²) < 4.78 is 0. The zero-order chi connectivity index (χ0) is 12.3. The van der Waals surface area contributed by atoms with Crippen LogP contribution in [-0.2, 0) is 6.54 Å². The molecule has 3 N–H and O–H groups in total. The van der Waals surface area contributed by atoms with Gasteiger partial charge in [0.1, 0.15) is 5.01 Å². The molecule has 1 aromatic rings. The van der Waals surface area contributed by atoms with Gasteiger partial charge in [-0.2, -0.15) is 0 Å². The molecule has 1 aliphatic carbocycles. The van der Waals surface area contributed by atoms with Crippen molar-refractivity contribution in [2.45, 2.75) is 45.2 Å². The molecule has 2 unspecified atom stereocenters. The van der Waals surface area contributed by atoms with Crippen molar-refractivity contribution in [3.63, 3.8) is 0 Å².